The van der Waals surface area contributed by atoms with Crippen molar-refractivity contribution in [2.24, 2.45) is 0 Å². The van der Waals surface area contributed by atoms with Crippen molar-refractivity contribution in [3.05, 3.63) is 236 Å². The lowest BCUT2D eigenvalue weighted by Crippen LogP contribution is -2.16. The van der Waals surface area contributed by atoms with Crippen LogP contribution in [0.4, 0.5) is 17.1 Å². The highest BCUT2D eigenvalue weighted by Crippen LogP contribution is 2.51. The third-order valence-corrected chi connectivity index (χ3v) is 11.9. The van der Waals surface area contributed by atoms with Gasteiger partial charge in [0.25, 0.3) is 0 Å². The Morgan fingerprint density at radius 2 is 0.724 bits per heavy atom. The number of benzene rings is 9. The first kappa shape index (κ1) is 35.2. The second-order valence-electron chi connectivity index (χ2n) is 15.7. The fourth-order valence-corrected chi connectivity index (χ4v) is 8.92. The number of para-hydroxylation sites is 1. The van der Waals surface area contributed by atoms with Crippen LogP contribution in [0.1, 0.15) is 25.0 Å². The molecule has 0 spiro atoms. The Morgan fingerprint density at radius 3 is 1.40 bits per heavy atom. The summed E-state index contributed by atoms with van der Waals surface area (Å²) in [6, 6.07) is 81.8. The molecular formula is C57H43N. The molecule has 0 N–H and O–H groups in total. The van der Waals surface area contributed by atoms with Crippen LogP contribution >= 0.6 is 0 Å². The summed E-state index contributed by atoms with van der Waals surface area (Å²) in [5, 5.41) is 0. The van der Waals surface area contributed by atoms with E-state index in [1.807, 2.05) is 0 Å². The van der Waals surface area contributed by atoms with Crippen molar-refractivity contribution in [1.29, 1.82) is 0 Å². The van der Waals surface area contributed by atoms with Gasteiger partial charge in [-0.2, -0.15) is 0 Å². The maximum absolute atomic E-state index is 2.45. The lowest BCUT2D eigenvalue weighted by molar-refractivity contribution is 0.660. The van der Waals surface area contributed by atoms with Crippen LogP contribution in [0.15, 0.2) is 224 Å². The summed E-state index contributed by atoms with van der Waals surface area (Å²) in [4.78, 5) is 2.45. The van der Waals surface area contributed by atoms with Crippen molar-refractivity contribution in [3.8, 4) is 66.8 Å². The number of hydrogen-bond donors (Lipinski definition) is 0. The smallest absolute Gasteiger partial charge is 0.0540 e. The fraction of sp³-hybridized carbons (Fsp3) is 0.0526. The first-order valence-corrected chi connectivity index (χ1v) is 20.2. The average Bonchev–Trinajstić information content (AvgIpc) is 3.53. The van der Waals surface area contributed by atoms with Gasteiger partial charge in [-0.15, -0.1) is 0 Å². The lowest BCUT2D eigenvalue weighted by atomic mass is 9.82. The van der Waals surface area contributed by atoms with E-state index in [0.29, 0.717) is 0 Å². The van der Waals surface area contributed by atoms with E-state index in [0.717, 1.165) is 17.1 Å². The third-order valence-electron chi connectivity index (χ3n) is 11.9. The standard InChI is InChI=1S/C57H43N/c1-57(2)54-26-13-11-25-52(54)53-37-36-48(39-55(53)57)58(56-27-14-12-24-51(56)46-21-15-20-45(38-46)41-18-7-4-8-19-41)47-34-32-44(33-35-47)50-23-10-9-22-49(50)43-30-28-42(29-31-43)40-16-5-3-6-17-40/h3-39H,1-2H3. The van der Waals surface area contributed by atoms with E-state index < -0.39 is 0 Å². The second kappa shape index (κ2) is 14.7. The van der Waals surface area contributed by atoms with Crippen molar-refractivity contribution >= 4 is 17.1 Å². The number of hydrogen-bond acceptors (Lipinski definition) is 1. The Hall–Kier alpha value is -7.22. The zero-order chi connectivity index (χ0) is 39.1. The number of fused-ring (bicyclic) bond motifs is 3. The highest BCUT2D eigenvalue weighted by molar-refractivity contribution is 5.92. The van der Waals surface area contributed by atoms with Crippen LogP contribution in [-0.2, 0) is 5.41 Å². The maximum atomic E-state index is 2.45. The summed E-state index contributed by atoms with van der Waals surface area (Å²) in [5.41, 5.74) is 20.7. The Bertz CT molecular complexity index is 2890. The predicted octanol–water partition coefficient (Wildman–Crippen LogP) is 15.8. The molecule has 0 aliphatic heterocycles. The van der Waals surface area contributed by atoms with E-state index in [4.69, 9.17) is 0 Å². The number of nitrogens with zero attached hydrogens (tertiary/aromatic N) is 1. The minimum Gasteiger partial charge on any atom is -0.310 e. The normalized spacial score (nSPS) is 12.4. The highest BCUT2D eigenvalue weighted by Gasteiger charge is 2.36. The minimum absolute atomic E-state index is 0.121. The van der Waals surface area contributed by atoms with E-state index in [-0.39, 0.29) is 5.41 Å². The quantitative estimate of drug-likeness (QED) is 0.150. The first-order chi connectivity index (χ1) is 28.5. The molecule has 0 unspecified atom stereocenters. The van der Waals surface area contributed by atoms with Gasteiger partial charge in [-0.25, -0.2) is 0 Å². The van der Waals surface area contributed by atoms with Gasteiger partial charge in [0.2, 0.25) is 0 Å². The summed E-state index contributed by atoms with van der Waals surface area (Å²) in [6.45, 7) is 4.71. The van der Waals surface area contributed by atoms with Gasteiger partial charge in [0.15, 0.2) is 0 Å². The molecule has 276 valence electrons. The van der Waals surface area contributed by atoms with Gasteiger partial charge in [0.05, 0.1) is 5.69 Å². The minimum atomic E-state index is -0.121. The van der Waals surface area contributed by atoms with Crippen LogP contribution in [0.25, 0.3) is 66.8 Å². The molecular weight excluding hydrogens is 699 g/mol. The monoisotopic (exact) mass is 741 g/mol. The molecule has 0 radical (unpaired) electrons. The van der Waals surface area contributed by atoms with Crippen molar-refractivity contribution < 1.29 is 0 Å². The molecule has 0 heterocycles. The van der Waals surface area contributed by atoms with Gasteiger partial charge in [0, 0.05) is 22.4 Å². The van der Waals surface area contributed by atoms with Crippen LogP contribution in [0.2, 0.25) is 0 Å². The van der Waals surface area contributed by atoms with Gasteiger partial charge < -0.3 is 4.90 Å². The van der Waals surface area contributed by atoms with Gasteiger partial charge in [-0.3, -0.25) is 0 Å². The molecule has 1 aliphatic carbocycles. The van der Waals surface area contributed by atoms with Crippen LogP contribution in [-0.4, -0.2) is 0 Å². The Morgan fingerprint density at radius 1 is 0.276 bits per heavy atom. The van der Waals surface area contributed by atoms with E-state index in [2.05, 4.69) is 243 Å². The number of anilines is 3. The molecule has 1 heteroatoms. The highest BCUT2D eigenvalue weighted by atomic mass is 15.1. The molecule has 58 heavy (non-hydrogen) atoms. The summed E-state index contributed by atoms with van der Waals surface area (Å²) in [6.07, 6.45) is 0. The Labute approximate surface area is 342 Å². The molecule has 1 aliphatic rings. The molecule has 0 amide bonds. The summed E-state index contributed by atoms with van der Waals surface area (Å²) in [5.74, 6) is 0. The van der Waals surface area contributed by atoms with Gasteiger partial charge in [0.1, 0.15) is 0 Å². The largest absolute Gasteiger partial charge is 0.310 e. The van der Waals surface area contributed by atoms with Crippen molar-refractivity contribution in [2.75, 3.05) is 4.90 Å². The van der Waals surface area contributed by atoms with E-state index in [1.165, 1.54) is 77.9 Å². The molecule has 9 aromatic carbocycles. The summed E-state index contributed by atoms with van der Waals surface area (Å²) >= 11 is 0. The van der Waals surface area contributed by atoms with Gasteiger partial charge >= 0.3 is 0 Å². The van der Waals surface area contributed by atoms with E-state index in [1.54, 1.807) is 0 Å². The first-order valence-electron chi connectivity index (χ1n) is 20.2. The van der Waals surface area contributed by atoms with Crippen LogP contribution in [0.5, 0.6) is 0 Å². The van der Waals surface area contributed by atoms with Crippen LogP contribution < -0.4 is 4.90 Å². The third kappa shape index (κ3) is 6.32. The average molecular weight is 742 g/mol. The van der Waals surface area contributed by atoms with Crippen LogP contribution in [0, 0.1) is 0 Å². The van der Waals surface area contributed by atoms with Crippen molar-refractivity contribution in [2.45, 2.75) is 19.3 Å². The molecule has 0 fully saturated rings. The molecule has 9 aromatic rings. The van der Waals surface area contributed by atoms with Crippen molar-refractivity contribution in [3.63, 3.8) is 0 Å². The molecule has 0 bridgehead atoms. The second-order valence-corrected chi connectivity index (χ2v) is 15.7. The summed E-state index contributed by atoms with van der Waals surface area (Å²) < 4.78 is 0. The molecule has 0 aromatic heterocycles. The molecule has 0 atom stereocenters. The fourth-order valence-electron chi connectivity index (χ4n) is 8.92. The molecule has 0 saturated carbocycles. The molecule has 0 saturated heterocycles. The van der Waals surface area contributed by atoms with Gasteiger partial charge in [-0.1, -0.05) is 202 Å². The maximum Gasteiger partial charge on any atom is 0.0540 e. The Balaban J connectivity index is 1.08. The zero-order valence-corrected chi connectivity index (χ0v) is 32.8. The van der Waals surface area contributed by atoms with Gasteiger partial charge in [-0.05, 0) is 109 Å². The van der Waals surface area contributed by atoms with Crippen LogP contribution in [0.3, 0.4) is 0 Å². The van der Waals surface area contributed by atoms with E-state index >= 15 is 0 Å². The predicted molar refractivity (Wildman–Crippen MR) is 246 cm³/mol. The van der Waals surface area contributed by atoms with Crippen molar-refractivity contribution in [1.82, 2.24) is 0 Å². The lowest BCUT2D eigenvalue weighted by Gasteiger charge is -2.30. The molecule has 10 rings (SSSR count). The SMILES string of the molecule is CC1(C)c2ccccc2-c2ccc(N(c3ccc(-c4ccccc4-c4ccc(-c5ccccc5)cc4)cc3)c3ccccc3-c3cccc(-c4ccccc4)c3)cc21. The topological polar surface area (TPSA) is 3.24 Å². The summed E-state index contributed by atoms with van der Waals surface area (Å²) in [7, 11) is 0. The Kier molecular flexibility index (Phi) is 8.92. The zero-order valence-electron chi connectivity index (χ0n) is 32.8. The molecule has 1 nitrogen and oxygen atoms in total. The van der Waals surface area contributed by atoms with E-state index in [9.17, 15) is 0 Å². The number of rotatable bonds is 8.